The minimum atomic E-state index is 0.0394. The van der Waals surface area contributed by atoms with Gasteiger partial charge in [0.1, 0.15) is 5.75 Å². The van der Waals surface area contributed by atoms with E-state index in [1.165, 1.54) is 0 Å². The maximum atomic E-state index is 12.4. The van der Waals surface area contributed by atoms with E-state index in [-0.39, 0.29) is 11.7 Å². The Kier molecular flexibility index (Phi) is 4.13. The monoisotopic (exact) mass is 261 g/mol. The Morgan fingerprint density at radius 3 is 2.47 bits per heavy atom. The lowest BCUT2D eigenvalue weighted by Crippen LogP contribution is -2.39. The summed E-state index contributed by atoms with van der Waals surface area (Å²) in [6.07, 6.45) is 2.17. The number of aromatic hydroxyl groups is 1. The van der Waals surface area contributed by atoms with E-state index in [0.717, 1.165) is 37.4 Å². The maximum absolute atomic E-state index is 12.4. The fraction of sp³-hybridized carbons (Fsp3) is 0.562. The number of carbonyl (C=O) groups is 1. The predicted molar refractivity (Wildman–Crippen MR) is 76.3 cm³/mol. The molecule has 1 N–H and O–H groups in total. The van der Waals surface area contributed by atoms with E-state index in [1.54, 1.807) is 18.2 Å². The lowest BCUT2D eigenvalue weighted by atomic mass is 9.86. The second-order valence-electron chi connectivity index (χ2n) is 5.87. The summed E-state index contributed by atoms with van der Waals surface area (Å²) in [5.41, 5.74) is 1.39. The first kappa shape index (κ1) is 13.9. The summed E-state index contributed by atoms with van der Waals surface area (Å²) >= 11 is 0. The summed E-state index contributed by atoms with van der Waals surface area (Å²) in [6.45, 7) is 7.99. The molecule has 1 aromatic carbocycles. The molecule has 0 unspecified atom stereocenters. The van der Waals surface area contributed by atoms with Gasteiger partial charge in [0.25, 0.3) is 5.91 Å². The molecule has 1 fully saturated rings. The molecule has 1 saturated heterocycles. The van der Waals surface area contributed by atoms with E-state index in [2.05, 4.69) is 13.8 Å². The van der Waals surface area contributed by atoms with Gasteiger partial charge in [0.15, 0.2) is 0 Å². The van der Waals surface area contributed by atoms with Gasteiger partial charge in [-0.25, -0.2) is 0 Å². The third-order valence-electron chi connectivity index (χ3n) is 4.23. The van der Waals surface area contributed by atoms with E-state index < -0.39 is 0 Å². The van der Waals surface area contributed by atoms with Crippen molar-refractivity contribution in [2.24, 2.45) is 11.8 Å². The van der Waals surface area contributed by atoms with Crippen molar-refractivity contribution >= 4 is 5.91 Å². The Morgan fingerprint density at radius 2 is 1.95 bits per heavy atom. The topological polar surface area (TPSA) is 40.5 Å². The van der Waals surface area contributed by atoms with Crippen LogP contribution in [0.3, 0.4) is 0 Å². The van der Waals surface area contributed by atoms with Crippen molar-refractivity contribution in [2.45, 2.75) is 33.6 Å². The van der Waals surface area contributed by atoms with E-state index in [4.69, 9.17) is 0 Å². The minimum absolute atomic E-state index is 0.0394. The molecule has 0 radical (unpaired) electrons. The lowest BCUT2D eigenvalue weighted by molar-refractivity contribution is 0.0667. The van der Waals surface area contributed by atoms with Gasteiger partial charge in [0.2, 0.25) is 0 Å². The Bertz CT molecular complexity index is 460. The number of likely N-dealkylation sites (tertiary alicyclic amines) is 1. The van der Waals surface area contributed by atoms with Crippen molar-refractivity contribution in [3.05, 3.63) is 29.3 Å². The number of carbonyl (C=O) groups excluding carboxylic acids is 1. The Labute approximate surface area is 115 Å². The van der Waals surface area contributed by atoms with Crippen molar-refractivity contribution in [2.75, 3.05) is 13.1 Å². The van der Waals surface area contributed by atoms with Crippen molar-refractivity contribution in [3.8, 4) is 5.75 Å². The highest BCUT2D eigenvalue weighted by atomic mass is 16.3. The van der Waals surface area contributed by atoms with Crippen LogP contribution in [0, 0.1) is 18.8 Å². The first-order valence-corrected chi connectivity index (χ1v) is 7.08. The number of nitrogens with zero attached hydrogens (tertiary/aromatic N) is 1. The highest BCUT2D eigenvalue weighted by Gasteiger charge is 2.25. The van der Waals surface area contributed by atoms with Gasteiger partial charge < -0.3 is 10.0 Å². The molecule has 0 bridgehead atoms. The van der Waals surface area contributed by atoms with Gasteiger partial charge >= 0.3 is 0 Å². The zero-order valence-corrected chi connectivity index (χ0v) is 12.0. The third kappa shape index (κ3) is 3.09. The van der Waals surface area contributed by atoms with Crippen LogP contribution in [0.5, 0.6) is 5.75 Å². The summed E-state index contributed by atoms with van der Waals surface area (Å²) in [7, 11) is 0. The molecule has 1 aliphatic heterocycles. The minimum Gasteiger partial charge on any atom is -0.508 e. The Balaban J connectivity index is 2.03. The molecule has 1 heterocycles. The highest BCUT2D eigenvalue weighted by molar-refractivity contribution is 5.94. The molecule has 19 heavy (non-hydrogen) atoms. The SMILES string of the molecule is Cc1ccc(C(=O)N2CCC(C(C)C)CC2)cc1O. The number of rotatable bonds is 2. The summed E-state index contributed by atoms with van der Waals surface area (Å²) in [4.78, 5) is 14.3. The van der Waals surface area contributed by atoms with Crippen LogP contribution < -0.4 is 0 Å². The molecule has 3 heteroatoms. The second kappa shape index (κ2) is 5.64. The average Bonchev–Trinajstić information content (AvgIpc) is 2.41. The van der Waals surface area contributed by atoms with Crippen LogP contribution in [0.2, 0.25) is 0 Å². The van der Waals surface area contributed by atoms with E-state index >= 15 is 0 Å². The van der Waals surface area contributed by atoms with Crippen LogP contribution in [0.25, 0.3) is 0 Å². The van der Waals surface area contributed by atoms with Crippen molar-refractivity contribution in [1.29, 1.82) is 0 Å². The molecule has 1 aliphatic rings. The predicted octanol–water partition coefficient (Wildman–Crippen LogP) is 3.21. The van der Waals surface area contributed by atoms with Gasteiger partial charge in [0, 0.05) is 18.7 Å². The first-order chi connectivity index (χ1) is 8.99. The molecule has 1 aromatic rings. The quantitative estimate of drug-likeness (QED) is 0.888. The van der Waals surface area contributed by atoms with Crippen LogP contribution in [-0.4, -0.2) is 29.0 Å². The molecule has 0 aromatic heterocycles. The Hall–Kier alpha value is -1.51. The van der Waals surface area contributed by atoms with E-state index in [0.29, 0.717) is 11.5 Å². The molecule has 1 amide bonds. The number of hydrogen-bond acceptors (Lipinski definition) is 2. The molecule has 0 saturated carbocycles. The zero-order chi connectivity index (χ0) is 14.0. The van der Waals surface area contributed by atoms with Crippen molar-refractivity contribution in [1.82, 2.24) is 4.90 Å². The maximum Gasteiger partial charge on any atom is 0.253 e. The standard InChI is InChI=1S/C16H23NO2/c1-11(2)13-6-8-17(9-7-13)16(19)14-5-4-12(3)15(18)10-14/h4-5,10-11,13,18H,6-9H2,1-3H3. The largest absolute Gasteiger partial charge is 0.508 e. The fourth-order valence-electron chi connectivity index (χ4n) is 2.69. The number of piperidine rings is 1. The molecular weight excluding hydrogens is 238 g/mol. The van der Waals surface area contributed by atoms with Crippen molar-refractivity contribution in [3.63, 3.8) is 0 Å². The van der Waals surface area contributed by atoms with Crippen LogP contribution in [0.15, 0.2) is 18.2 Å². The van der Waals surface area contributed by atoms with E-state index in [9.17, 15) is 9.90 Å². The first-order valence-electron chi connectivity index (χ1n) is 7.08. The smallest absolute Gasteiger partial charge is 0.253 e. The number of amides is 1. The summed E-state index contributed by atoms with van der Waals surface area (Å²) in [5.74, 6) is 1.66. The van der Waals surface area contributed by atoms with Gasteiger partial charge in [0.05, 0.1) is 0 Å². The number of aryl methyl sites for hydroxylation is 1. The number of benzene rings is 1. The molecule has 104 valence electrons. The zero-order valence-electron chi connectivity index (χ0n) is 12.0. The van der Waals surface area contributed by atoms with Crippen LogP contribution >= 0.6 is 0 Å². The normalized spacial score (nSPS) is 16.9. The van der Waals surface area contributed by atoms with Gasteiger partial charge in [-0.05, 0) is 49.3 Å². The number of phenolic OH excluding ortho intramolecular Hbond substituents is 1. The number of phenols is 1. The highest BCUT2D eigenvalue weighted by Crippen LogP contribution is 2.26. The van der Waals surface area contributed by atoms with Gasteiger partial charge in [-0.1, -0.05) is 19.9 Å². The molecule has 3 nitrogen and oxygen atoms in total. The van der Waals surface area contributed by atoms with Crippen LogP contribution in [0.1, 0.15) is 42.6 Å². The summed E-state index contributed by atoms with van der Waals surface area (Å²) < 4.78 is 0. The second-order valence-corrected chi connectivity index (χ2v) is 5.87. The van der Waals surface area contributed by atoms with Crippen molar-refractivity contribution < 1.29 is 9.90 Å². The number of hydrogen-bond donors (Lipinski definition) is 1. The molecular formula is C16H23NO2. The lowest BCUT2D eigenvalue weighted by Gasteiger charge is -2.34. The third-order valence-corrected chi connectivity index (χ3v) is 4.23. The Morgan fingerprint density at radius 1 is 1.32 bits per heavy atom. The summed E-state index contributed by atoms with van der Waals surface area (Å²) in [5, 5.41) is 9.69. The van der Waals surface area contributed by atoms with Crippen LogP contribution in [-0.2, 0) is 0 Å². The van der Waals surface area contributed by atoms with Gasteiger partial charge in [-0.2, -0.15) is 0 Å². The van der Waals surface area contributed by atoms with E-state index in [1.807, 2.05) is 11.8 Å². The summed E-state index contributed by atoms with van der Waals surface area (Å²) in [6, 6.07) is 5.17. The fourth-order valence-corrected chi connectivity index (χ4v) is 2.69. The van der Waals surface area contributed by atoms with Gasteiger partial charge in [-0.3, -0.25) is 4.79 Å². The molecule has 0 spiro atoms. The molecule has 0 atom stereocenters. The molecule has 2 rings (SSSR count). The molecule has 0 aliphatic carbocycles. The van der Waals surface area contributed by atoms with Crippen LogP contribution in [0.4, 0.5) is 0 Å². The van der Waals surface area contributed by atoms with Gasteiger partial charge in [-0.15, -0.1) is 0 Å². The average molecular weight is 261 g/mol.